The minimum atomic E-state index is -1.22. The molecule has 0 amide bonds. The standard InChI is InChI=1S/C20H28O6S2/c1-23-14-9-13-15(20(26-4,11-28-6)16(14)21)12-7-8-18(13,24-2)17(22)19(12,25-3)10-27-5/h7-9,12-13,15H,10-11H2,1-6H3/t12-,13+,15+,18-,19+,20+/m1/s1. The van der Waals surface area contributed by atoms with Gasteiger partial charge in [0.05, 0.1) is 7.11 Å². The number of hydrogen-bond donors (Lipinski definition) is 0. The van der Waals surface area contributed by atoms with Crippen LogP contribution in [0.1, 0.15) is 0 Å². The Morgan fingerprint density at radius 2 is 1.54 bits per heavy atom. The Bertz CT molecular complexity index is 721. The van der Waals surface area contributed by atoms with Crippen molar-refractivity contribution in [3.63, 3.8) is 0 Å². The molecule has 6 nitrogen and oxygen atoms in total. The van der Waals surface area contributed by atoms with Crippen molar-refractivity contribution in [1.82, 2.24) is 0 Å². The van der Waals surface area contributed by atoms with Crippen molar-refractivity contribution in [2.75, 3.05) is 52.5 Å². The van der Waals surface area contributed by atoms with Gasteiger partial charge < -0.3 is 18.9 Å². The molecule has 0 N–H and O–H groups in total. The quantitative estimate of drug-likeness (QED) is 0.544. The summed E-state index contributed by atoms with van der Waals surface area (Å²) < 4.78 is 23.2. The molecule has 2 bridgehead atoms. The average molecular weight is 429 g/mol. The summed E-state index contributed by atoms with van der Waals surface area (Å²) in [6.45, 7) is 0. The number of ether oxygens (including phenoxy) is 4. The summed E-state index contributed by atoms with van der Waals surface area (Å²) in [6, 6.07) is 0. The first-order chi connectivity index (χ1) is 13.4. The number of thioether (sulfide) groups is 2. The lowest BCUT2D eigenvalue weighted by molar-refractivity contribution is -0.210. The number of carbonyl (C=O) groups excluding carboxylic acids is 2. The van der Waals surface area contributed by atoms with Gasteiger partial charge in [-0.3, -0.25) is 9.59 Å². The molecule has 6 atom stereocenters. The van der Waals surface area contributed by atoms with Crippen LogP contribution >= 0.6 is 23.5 Å². The number of ketones is 2. The van der Waals surface area contributed by atoms with Gasteiger partial charge in [0.15, 0.2) is 11.4 Å². The number of methoxy groups -OCH3 is 4. The highest BCUT2D eigenvalue weighted by atomic mass is 32.2. The highest BCUT2D eigenvalue weighted by molar-refractivity contribution is 7.98. The van der Waals surface area contributed by atoms with Crippen LogP contribution in [-0.4, -0.2) is 80.8 Å². The van der Waals surface area contributed by atoms with Gasteiger partial charge in [-0.25, -0.2) is 0 Å². The van der Waals surface area contributed by atoms with Gasteiger partial charge in [-0.15, -0.1) is 0 Å². The molecule has 0 aliphatic heterocycles. The second-order valence-electron chi connectivity index (χ2n) is 7.38. The Balaban J connectivity index is 2.32. The maximum Gasteiger partial charge on any atom is 0.229 e. The SMILES string of the molecule is COC1=C[C@H]2[C@H]([C@H]3C=C[C@]2(OC)C(=O)[C@@]3(CSC)OC)[C@](CSC)(OC)C1=O. The predicted octanol–water partition coefficient (Wildman–Crippen LogP) is 1.98. The van der Waals surface area contributed by atoms with E-state index >= 15 is 0 Å². The first-order valence-corrected chi connectivity index (χ1v) is 11.9. The van der Waals surface area contributed by atoms with Crippen molar-refractivity contribution in [3.8, 4) is 0 Å². The van der Waals surface area contributed by atoms with Crippen LogP contribution in [0.15, 0.2) is 24.0 Å². The summed E-state index contributed by atoms with van der Waals surface area (Å²) in [4.78, 5) is 27.2. The van der Waals surface area contributed by atoms with Gasteiger partial charge in [0, 0.05) is 50.6 Å². The van der Waals surface area contributed by atoms with E-state index in [4.69, 9.17) is 18.9 Å². The zero-order valence-corrected chi connectivity index (χ0v) is 18.8. The minimum absolute atomic E-state index is 0.108. The van der Waals surface area contributed by atoms with Gasteiger partial charge in [-0.05, 0) is 24.7 Å². The maximum absolute atomic E-state index is 13.8. The van der Waals surface area contributed by atoms with E-state index in [1.807, 2.05) is 24.7 Å². The summed E-state index contributed by atoms with van der Waals surface area (Å²) in [5.41, 5.74) is -3.43. The Kier molecular flexibility index (Phi) is 6.10. The van der Waals surface area contributed by atoms with E-state index in [1.165, 1.54) is 26.0 Å². The molecule has 0 aromatic heterocycles. The fourth-order valence-corrected chi connectivity index (χ4v) is 7.05. The normalized spacial score (nSPS) is 41.8. The van der Waals surface area contributed by atoms with E-state index in [9.17, 15) is 9.59 Å². The van der Waals surface area contributed by atoms with E-state index in [1.54, 1.807) is 32.1 Å². The summed E-state index contributed by atoms with van der Waals surface area (Å²) in [5.74, 6) is -0.178. The van der Waals surface area contributed by atoms with Crippen LogP contribution in [0.4, 0.5) is 0 Å². The van der Waals surface area contributed by atoms with Crippen molar-refractivity contribution in [2.24, 2.45) is 17.8 Å². The molecule has 1 saturated carbocycles. The second kappa shape index (κ2) is 7.80. The number of hydrogen-bond acceptors (Lipinski definition) is 8. The zero-order valence-electron chi connectivity index (χ0n) is 17.1. The van der Waals surface area contributed by atoms with Gasteiger partial charge in [0.2, 0.25) is 11.6 Å². The molecule has 8 heteroatoms. The van der Waals surface area contributed by atoms with Crippen LogP contribution in [0.3, 0.4) is 0 Å². The lowest BCUT2D eigenvalue weighted by Gasteiger charge is -2.62. The lowest BCUT2D eigenvalue weighted by Crippen LogP contribution is -2.76. The van der Waals surface area contributed by atoms with E-state index in [2.05, 4.69) is 0 Å². The van der Waals surface area contributed by atoms with Crippen molar-refractivity contribution in [2.45, 2.75) is 16.8 Å². The third kappa shape index (κ3) is 2.54. The number of Topliss-reactive ketones (excluding diaryl/α,β-unsaturated/α-hetero) is 2. The van der Waals surface area contributed by atoms with Crippen LogP contribution in [0, 0.1) is 17.8 Å². The van der Waals surface area contributed by atoms with E-state index in [0.29, 0.717) is 11.5 Å². The van der Waals surface area contributed by atoms with Crippen molar-refractivity contribution >= 4 is 35.1 Å². The molecular weight excluding hydrogens is 400 g/mol. The molecule has 28 heavy (non-hydrogen) atoms. The molecule has 0 aromatic rings. The largest absolute Gasteiger partial charge is 0.493 e. The van der Waals surface area contributed by atoms with E-state index in [0.717, 1.165) is 0 Å². The molecule has 0 aromatic carbocycles. The Morgan fingerprint density at radius 3 is 2.04 bits per heavy atom. The van der Waals surface area contributed by atoms with Crippen molar-refractivity contribution in [1.29, 1.82) is 0 Å². The third-order valence-electron chi connectivity index (χ3n) is 6.58. The van der Waals surface area contributed by atoms with Gasteiger partial charge in [0.1, 0.15) is 11.2 Å². The monoisotopic (exact) mass is 428 g/mol. The molecule has 1 fully saturated rings. The molecule has 0 spiro atoms. The van der Waals surface area contributed by atoms with Gasteiger partial charge in [-0.1, -0.05) is 6.08 Å². The zero-order chi connectivity index (χ0) is 20.7. The molecule has 156 valence electrons. The number of carbonyl (C=O) groups is 2. The molecule has 4 aliphatic rings. The number of rotatable bonds is 8. The fourth-order valence-electron chi connectivity index (χ4n) is 5.31. The molecule has 0 unspecified atom stereocenters. The summed E-state index contributed by atoms with van der Waals surface area (Å²) in [7, 11) is 6.12. The second-order valence-corrected chi connectivity index (χ2v) is 9.11. The summed E-state index contributed by atoms with van der Waals surface area (Å²) in [6.07, 6.45) is 9.45. The highest BCUT2D eigenvalue weighted by Crippen LogP contribution is 2.60. The minimum Gasteiger partial charge on any atom is -0.493 e. The Labute approximate surface area is 174 Å². The van der Waals surface area contributed by atoms with Crippen molar-refractivity contribution in [3.05, 3.63) is 24.0 Å². The molecule has 4 rings (SSSR count). The van der Waals surface area contributed by atoms with E-state index < -0.39 is 16.8 Å². The van der Waals surface area contributed by atoms with Gasteiger partial charge in [0.25, 0.3) is 0 Å². The summed E-state index contributed by atoms with van der Waals surface area (Å²) in [5, 5.41) is 0. The topological polar surface area (TPSA) is 71.1 Å². The molecule has 0 heterocycles. The van der Waals surface area contributed by atoms with E-state index in [-0.39, 0.29) is 35.1 Å². The molecular formula is C20H28O6S2. The van der Waals surface area contributed by atoms with Crippen LogP contribution in [-0.2, 0) is 28.5 Å². The van der Waals surface area contributed by atoms with Crippen LogP contribution in [0.25, 0.3) is 0 Å². The molecule has 4 aliphatic carbocycles. The van der Waals surface area contributed by atoms with Crippen molar-refractivity contribution < 1.29 is 28.5 Å². The Hall–Kier alpha value is -0.800. The highest BCUT2D eigenvalue weighted by Gasteiger charge is 2.73. The smallest absolute Gasteiger partial charge is 0.229 e. The first-order valence-electron chi connectivity index (χ1n) is 9.07. The number of fused-ring (bicyclic) bond motifs is 1. The lowest BCUT2D eigenvalue weighted by atomic mass is 9.47. The summed E-state index contributed by atoms with van der Waals surface area (Å²) >= 11 is 3.08. The van der Waals surface area contributed by atoms with Gasteiger partial charge in [-0.2, -0.15) is 23.5 Å². The predicted molar refractivity (Wildman–Crippen MR) is 111 cm³/mol. The maximum atomic E-state index is 13.8. The Morgan fingerprint density at radius 1 is 0.929 bits per heavy atom. The van der Waals surface area contributed by atoms with Crippen LogP contribution in [0.5, 0.6) is 0 Å². The van der Waals surface area contributed by atoms with Crippen LogP contribution < -0.4 is 0 Å². The molecule has 0 saturated heterocycles. The van der Waals surface area contributed by atoms with Gasteiger partial charge >= 0.3 is 0 Å². The average Bonchev–Trinajstić information content (AvgIpc) is 2.72. The third-order valence-corrected chi connectivity index (χ3v) is 8.01. The fraction of sp³-hybridized carbons (Fsp3) is 0.700. The molecule has 0 radical (unpaired) electrons. The van der Waals surface area contributed by atoms with Crippen LogP contribution in [0.2, 0.25) is 0 Å². The first kappa shape index (κ1) is 21.9.